The minimum absolute atomic E-state index is 0.390. The van der Waals surface area contributed by atoms with E-state index in [0.29, 0.717) is 16.3 Å². The molecular formula is C22H18ClNO3. The predicted octanol–water partition coefficient (Wildman–Crippen LogP) is 5.19. The van der Waals surface area contributed by atoms with Crippen molar-refractivity contribution in [3.63, 3.8) is 0 Å². The molecule has 1 amide bonds. The van der Waals surface area contributed by atoms with Crippen molar-refractivity contribution in [2.24, 2.45) is 0 Å². The molecule has 0 saturated heterocycles. The van der Waals surface area contributed by atoms with E-state index in [9.17, 15) is 9.59 Å². The Morgan fingerprint density at radius 2 is 1.44 bits per heavy atom. The maximum absolute atomic E-state index is 12.3. The highest BCUT2D eigenvalue weighted by Gasteiger charge is 2.19. The topological polar surface area (TPSA) is 55.4 Å². The molecule has 0 radical (unpaired) electrons. The number of halogens is 1. The molecule has 0 heterocycles. The fraction of sp³-hybridized carbons (Fsp3) is 0.0909. The van der Waals surface area contributed by atoms with Crippen LogP contribution < -0.4 is 5.32 Å². The number of carbonyl (C=O) groups excluding carboxylic acids is 2. The number of amides is 1. The molecule has 0 spiro atoms. The standard InChI is InChI=1S/C22H18ClNO3/c1-15(21(25)24-20-13-11-19(23)12-14-20)27-22(26)18-9-7-17(8-10-18)16-5-3-2-4-6-16/h2-15H,1H3,(H,24,25)/t15-/m0/s1. The van der Waals surface area contributed by atoms with Crippen molar-refractivity contribution in [3.8, 4) is 11.1 Å². The third-order valence-corrected chi connectivity index (χ3v) is 4.24. The summed E-state index contributed by atoms with van der Waals surface area (Å²) in [5.74, 6) is -0.958. The van der Waals surface area contributed by atoms with Gasteiger partial charge in [0.1, 0.15) is 0 Å². The molecule has 0 fully saturated rings. The average Bonchev–Trinajstić information content (AvgIpc) is 2.70. The molecule has 1 N–H and O–H groups in total. The average molecular weight is 380 g/mol. The highest BCUT2D eigenvalue weighted by atomic mass is 35.5. The Balaban J connectivity index is 1.60. The summed E-state index contributed by atoms with van der Waals surface area (Å²) < 4.78 is 5.26. The van der Waals surface area contributed by atoms with Crippen molar-refractivity contribution < 1.29 is 14.3 Å². The monoisotopic (exact) mass is 379 g/mol. The molecule has 0 unspecified atom stereocenters. The molecule has 27 heavy (non-hydrogen) atoms. The summed E-state index contributed by atoms with van der Waals surface area (Å²) in [6.07, 6.45) is -0.929. The van der Waals surface area contributed by atoms with Crippen LogP contribution in [0.15, 0.2) is 78.9 Å². The third kappa shape index (κ3) is 4.96. The van der Waals surface area contributed by atoms with Gasteiger partial charge < -0.3 is 10.1 Å². The molecule has 3 aromatic rings. The Morgan fingerprint density at radius 1 is 0.852 bits per heavy atom. The van der Waals surface area contributed by atoms with Crippen LogP contribution in [0, 0.1) is 0 Å². The van der Waals surface area contributed by atoms with Gasteiger partial charge in [-0.1, -0.05) is 54.1 Å². The number of nitrogens with one attached hydrogen (secondary N) is 1. The van der Waals surface area contributed by atoms with Gasteiger partial charge in [0.05, 0.1) is 5.56 Å². The number of benzene rings is 3. The van der Waals surface area contributed by atoms with Crippen LogP contribution in [-0.2, 0) is 9.53 Å². The molecule has 0 aliphatic heterocycles. The fourth-order valence-electron chi connectivity index (χ4n) is 2.49. The van der Waals surface area contributed by atoms with Gasteiger partial charge in [-0.15, -0.1) is 0 Å². The zero-order chi connectivity index (χ0) is 19.2. The lowest BCUT2D eigenvalue weighted by Crippen LogP contribution is -2.29. The first-order valence-corrected chi connectivity index (χ1v) is 8.83. The van der Waals surface area contributed by atoms with Crippen LogP contribution in [0.3, 0.4) is 0 Å². The van der Waals surface area contributed by atoms with Crippen LogP contribution in [0.5, 0.6) is 0 Å². The van der Waals surface area contributed by atoms with Crippen molar-refractivity contribution >= 4 is 29.2 Å². The Bertz CT molecular complexity index is 922. The molecule has 0 aromatic heterocycles. The maximum Gasteiger partial charge on any atom is 0.338 e. The van der Waals surface area contributed by atoms with Crippen molar-refractivity contribution in [2.45, 2.75) is 13.0 Å². The van der Waals surface area contributed by atoms with Gasteiger partial charge in [-0.05, 0) is 54.4 Å². The van der Waals surface area contributed by atoms with Crippen molar-refractivity contribution in [2.75, 3.05) is 5.32 Å². The normalized spacial score (nSPS) is 11.5. The Hall–Kier alpha value is -3.11. The minimum Gasteiger partial charge on any atom is -0.449 e. The van der Waals surface area contributed by atoms with E-state index in [1.807, 2.05) is 42.5 Å². The second-order valence-electron chi connectivity index (χ2n) is 5.99. The SMILES string of the molecule is C[C@H](OC(=O)c1ccc(-c2ccccc2)cc1)C(=O)Nc1ccc(Cl)cc1. The van der Waals surface area contributed by atoms with Gasteiger partial charge in [-0.25, -0.2) is 4.79 Å². The highest BCUT2D eigenvalue weighted by molar-refractivity contribution is 6.30. The van der Waals surface area contributed by atoms with Gasteiger partial charge in [0.25, 0.3) is 5.91 Å². The van der Waals surface area contributed by atoms with E-state index in [0.717, 1.165) is 11.1 Å². The molecule has 0 aliphatic carbocycles. The van der Waals surface area contributed by atoms with Crippen molar-refractivity contribution in [1.82, 2.24) is 0 Å². The number of rotatable bonds is 5. The van der Waals surface area contributed by atoms with E-state index in [2.05, 4.69) is 5.32 Å². The van der Waals surface area contributed by atoms with Crippen LogP contribution in [0.4, 0.5) is 5.69 Å². The van der Waals surface area contributed by atoms with E-state index < -0.39 is 18.0 Å². The molecular weight excluding hydrogens is 362 g/mol. The number of hydrogen-bond donors (Lipinski definition) is 1. The van der Waals surface area contributed by atoms with Gasteiger partial charge in [-0.3, -0.25) is 4.79 Å². The van der Waals surface area contributed by atoms with E-state index >= 15 is 0 Å². The molecule has 4 nitrogen and oxygen atoms in total. The fourth-order valence-corrected chi connectivity index (χ4v) is 2.61. The number of carbonyl (C=O) groups is 2. The number of ether oxygens (including phenoxy) is 1. The Morgan fingerprint density at radius 3 is 2.07 bits per heavy atom. The smallest absolute Gasteiger partial charge is 0.338 e. The number of anilines is 1. The molecule has 0 bridgehead atoms. The van der Waals surface area contributed by atoms with Gasteiger partial charge in [0, 0.05) is 10.7 Å². The van der Waals surface area contributed by atoms with Crippen LogP contribution >= 0.6 is 11.6 Å². The highest BCUT2D eigenvalue weighted by Crippen LogP contribution is 2.20. The molecule has 0 saturated carbocycles. The van der Waals surface area contributed by atoms with Crippen molar-refractivity contribution in [3.05, 3.63) is 89.4 Å². The first-order valence-electron chi connectivity index (χ1n) is 8.46. The summed E-state index contributed by atoms with van der Waals surface area (Å²) in [7, 11) is 0. The summed E-state index contributed by atoms with van der Waals surface area (Å²) in [6.45, 7) is 1.53. The zero-order valence-corrected chi connectivity index (χ0v) is 15.4. The first-order chi connectivity index (χ1) is 13.0. The Labute approximate surface area is 162 Å². The van der Waals surface area contributed by atoms with Crippen LogP contribution in [0.2, 0.25) is 5.02 Å². The van der Waals surface area contributed by atoms with Crippen molar-refractivity contribution in [1.29, 1.82) is 0 Å². The molecule has 5 heteroatoms. The molecule has 3 aromatic carbocycles. The first kappa shape index (κ1) is 18.7. The predicted molar refractivity (Wildman–Crippen MR) is 107 cm³/mol. The number of hydrogen-bond acceptors (Lipinski definition) is 3. The van der Waals surface area contributed by atoms with E-state index in [4.69, 9.17) is 16.3 Å². The maximum atomic E-state index is 12.3. The molecule has 1 atom stereocenters. The van der Waals surface area contributed by atoms with E-state index in [1.54, 1.807) is 36.4 Å². The summed E-state index contributed by atoms with van der Waals surface area (Å²) in [5.41, 5.74) is 3.04. The second-order valence-corrected chi connectivity index (χ2v) is 6.42. The van der Waals surface area contributed by atoms with E-state index in [1.165, 1.54) is 6.92 Å². The summed E-state index contributed by atoms with van der Waals surface area (Å²) in [4.78, 5) is 24.5. The molecule has 136 valence electrons. The summed E-state index contributed by atoms with van der Waals surface area (Å²) in [6, 6.07) is 23.6. The van der Waals surface area contributed by atoms with Gasteiger partial charge >= 0.3 is 5.97 Å². The quantitative estimate of drug-likeness (QED) is 0.620. The Kier molecular flexibility index (Phi) is 5.89. The molecule has 3 rings (SSSR count). The lowest BCUT2D eigenvalue weighted by atomic mass is 10.0. The van der Waals surface area contributed by atoms with Gasteiger partial charge in [-0.2, -0.15) is 0 Å². The van der Waals surface area contributed by atoms with E-state index in [-0.39, 0.29) is 0 Å². The minimum atomic E-state index is -0.929. The van der Waals surface area contributed by atoms with Crippen LogP contribution in [0.1, 0.15) is 17.3 Å². The third-order valence-electron chi connectivity index (χ3n) is 3.99. The zero-order valence-electron chi connectivity index (χ0n) is 14.7. The summed E-state index contributed by atoms with van der Waals surface area (Å²) >= 11 is 5.82. The van der Waals surface area contributed by atoms with Gasteiger partial charge in [0.2, 0.25) is 0 Å². The summed E-state index contributed by atoms with van der Waals surface area (Å²) in [5, 5.41) is 3.26. The largest absolute Gasteiger partial charge is 0.449 e. The van der Waals surface area contributed by atoms with Crippen LogP contribution in [-0.4, -0.2) is 18.0 Å². The second kappa shape index (κ2) is 8.52. The number of esters is 1. The lowest BCUT2D eigenvalue weighted by molar-refractivity contribution is -0.123. The van der Waals surface area contributed by atoms with Crippen LogP contribution in [0.25, 0.3) is 11.1 Å². The lowest BCUT2D eigenvalue weighted by Gasteiger charge is -2.14. The molecule has 0 aliphatic rings. The van der Waals surface area contributed by atoms with Gasteiger partial charge in [0.15, 0.2) is 6.10 Å².